The second-order valence-corrected chi connectivity index (χ2v) is 2.61. The fourth-order valence-corrected chi connectivity index (χ4v) is 0.872. The van der Waals surface area contributed by atoms with Crippen molar-refractivity contribution in [2.45, 2.75) is 20.0 Å². The van der Waals surface area contributed by atoms with Crippen molar-refractivity contribution in [3.05, 3.63) is 23.9 Å². The number of aliphatic hydroxyl groups excluding tert-OH is 1. The fraction of sp³-hybridized carbons (Fsp3) is 0.333. The normalized spacial score (nSPS) is 9.69. The predicted molar refractivity (Wildman–Crippen MR) is 49.1 cm³/mol. The molecule has 0 aliphatic heterocycles. The molecule has 1 rings (SSSR count). The lowest BCUT2D eigenvalue weighted by molar-refractivity contribution is -0.115. The molecular formula is C9H12N2O2. The minimum atomic E-state index is -0.0809. The molecule has 1 aromatic rings. The van der Waals surface area contributed by atoms with E-state index < -0.39 is 0 Å². The zero-order valence-corrected chi connectivity index (χ0v) is 7.45. The number of aromatic nitrogens is 1. The number of rotatable bonds is 3. The molecule has 0 saturated carbocycles. The number of aliphatic hydroxyl groups is 1. The second-order valence-electron chi connectivity index (χ2n) is 2.61. The summed E-state index contributed by atoms with van der Waals surface area (Å²) in [5.74, 6) is 0.404. The maximum Gasteiger partial charge on any atom is 0.225 e. The van der Waals surface area contributed by atoms with E-state index in [2.05, 4.69) is 10.3 Å². The zero-order valence-electron chi connectivity index (χ0n) is 7.45. The lowest BCUT2D eigenvalue weighted by Gasteiger charge is -2.03. The summed E-state index contributed by atoms with van der Waals surface area (Å²) in [5, 5.41) is 11.4. The minimum Gasteiger partial charge on any atom is -0.392 e. The third-order valence-corrected chi connectivity index (χ3v) is 1.60. The van der Waals surface area contributed by atoms with Gasteiger partial charge in [0.05, 0.1) is 6.61 Å². The number of nitrogens with one attached hydrogen (secondary N) is 1. The first-order valence-electron chi connectivity index (χ1n) is 4.12. The summed E-state index contributed by atoms with van der Waals surface area (Å²) < 4.78 is 0. The number of carbonyl (C=O) groups is 1. The Morgan fingerprint density at radius 2 is 2.46 bits per heavy atom. The summed E-state index contributed by atoms with van der Waals surface area (Å²) in [5.41, 5.74) is 0.737. The molecule has 2 N–H and O–H groups in total. The zero-order chi connectivity index (χ0) is 9.68. The van der Waals surface area contributed by atoms with Gasteiger partial charge in [-0.3, -0.25) is 4.79 Å². The lowest BCUT2D eigenvalue weighted by atomic mass is 10.3. The van der Waals surface area contributed by atoms with Gasteiger partial charge >= 0.3 is 0 Å². The van der Waals surface area contributed by atoms with Crippen LogP contribution in [0.5, 0.6) is 0 Å². The summed E-state index contributed by atoms with van der Waals surface area (Å²) in [4.78, 5) is 14.9. The van der Waals surface area contributed by atoms with Crippen molar-refractivity contribution in [1.82, 2.24) is 4.98 Å². The molecule has 0 unspecified atom stereocenters. The number of amides is 1. The maximum absolute atomic E-state index is 11.0. The highest BCUT2D eigenvalue weighted by molar-refractivity contribution is 5.89. The van der Waals surface area contributed by atoms with E-state index >= 15 is 0 Å². The highest BCUT2D eigenvalue weighted by Gasteiger charge is 2.00. The monoisotopic (exact) mass is 180 g/mol. The number of hydrogen-bond acceptors (Lipinski definition) is 3. The number of pyridine rings is 1. The Hall–Kier alpha value is -1.42. The average Bonchev–Trinajstić information content (AvgIpc) is 2.18. The Morgan fingerprint density at radius 3 is 3.08 bits per heavy atom. The van der Waals surface area contributed by atoms with Crippen LogP contribution in [0.2, 0.25) is 0 Å². The highest BCUT2D eigenvalue weighted by atomic mass is 16.3. The van der Waals surface area contributed by atoms with Gasteiger partial charge in [0.25, 0.3) is 0 Å². The van der Waals surface area contributed by atoms with Crippen LogP contribution in [0.15, 0.2) is 18.3 Å². The van der Waals surface area contributed by atoms with Crippen molar-refractivity contribution in [2.24, 2.45) is 0 Å². The van der Waals surface area contributed by atoms with Crippen LogP contribution in [0.25, 0.3) is 0 Å². The van der Waals surface area contributed by atoms with Gasteiger partial charge < -0.3 is 10.4 Å². The summed E-state index contributed by atoms with van der Waals surface area (Å²) in [6.45, 7) is 1.72. The van der Waals surface area contributed by atoms with Crippen molar-refractivity contribution in [2.75, 3.05) is 5.32 Å². The first-order chi connectivity index (χ1) is 6.26. The van der Waals surface area contributed by atoms with Crippen molar-refractivity contribution in [1.29, 1.82) is 0 Å². The Bertz CT molecular complexity index is 299. The molecule has 0 aliphatic rings. The van der Waals surface area contributed by atoms with Gasteiger partial charge in [-0.1, -0.05) is 6.92 Å². The Labute approximate surface area is 76.6 Å². The molecule has 1 amide bonds. The molecule has 4 heteroatoms. The van der Waals surface area contributed by atoms with Crippen LogP contribution in [0.3, 0.4) is 0 Å². The van der Waals surface area contributed by atoms with Gasteiger partial charge in [0, 0.05) is 12.6 Å². The van der Waals surface area contributed by atoms with Gasteiger partial charge in [0.2, 0.25) is 5.91 Å². The topological polar surface area (TPSA) is 62.2 Å². The van der Waals surface area contributed by atoms with Crippen LogP contribution in [0.4, 0.5) is 5.82 Å². The lowest BCUT2D eigenvalue weighted by Crippen LogP contribution is -2.10. The second kappa shape index (κ2) is 4.57. The maximum atomic E-state index is 11.0. The van der Waals surface area contributed by atoms with E-state index in [4.69, 9.17) is 5.11 Å². The van der Waals surface area contributed by atoms with Crippen molar-refractivity contribution < 1.29 is 9.90 Å². The van der Waals surface area contributed by atoms with Crippen molar-refractivity contribution in [3.8, 4) is 0 Å². The number of hydrogen-bond donors (Lipinski definition) is 2. The Balaban J connectivity index is 2.71. The van der Waals surface area contributed by atoms with Gasteiger partial charge in [-0.25, -0.2) is 4.98 Å². The largest absolute Gasteiger partial charge is 0.392 e. The number of anilines is 1. The van der Waals surface area contributed by atoms with Crippen LogP contribution < -0.4 is 5.32 Å². The van der Waals surface area contributed by atoms with Crippen LogP contribution in [0, 0.1) is 0 Å². The molecular weight excluding hydrogens is 168 g/mol. The van der Waals surface area contributed by atoms with E-state index in [1.54, 1.807) is 25.3 Å². The average molecular weight is 180 g/mol. The Kier molecular flexibility index (Phi) is 3.40. The van der Waals surface area contributed by atoms with Gasteiger partial charge in [-0.05, 0) is 17.7 Å². The summed E-state index contributed by atoms with van der Waals surface area (Å²) in [7, 11) is 0. The Morgan fingerprint density at radius 1 is 1.69 bits per heavy atom. The van der Waals surface area contributed by atoms with Crippen molar-refractivity contribution >= 4 is 11.7 Å². The standard InChI is InChI=1S/C9H12N2O2/c1-2-9(13)11-8-5-7(6-12)3-4-10-8/h3-5,12H,2,6H2,1H3,(H,10,11,13). The molecule has 0 saturated heterocycles. The SMILES string of the molecule is CCC(=O)Nc1cc(CO)ccn1. The fourth-order valence-electron chi connectivity index (χ4n) is 0.872. The molecule has 0 aliphatic carbocycles. The molecule has 13 heavy (non-hydrogen) atoms. The molecule has 0 spiro atoms. The molecule has 0 bridgehead atoms. The van der Waals surface area contributed by atoms with Gasteiger partial charge in [0.1, 0.15) is 5.82 Å². The minimum absolute atomic E-state index is 0.0441. The molecule has 1 aromatic heterocycles. The van der Waals surface area contributed by atoms with Crippen LogP contribution in [-0.4, -0.2) is 16.0 Å². The van der Waals surface area contributed by atoms with E-state index in [9.17, 15) is 4.79 Å². The smallest absolute Gasteiger partial charge is 0.225 e. The number of nitrogens with zero attached hydrogens (tertiary/aromatic N) is 1. The molecule has 0 radical (unpaired) electrons. The molecule has 1 heterocycles. The summed E-state index contributed by atoms with van der Waals surface area (Å²) >= 11 is 0. The quantitative estimate of drug-likeness (QED) is 0.727. The van der Waals surface area contributed by atoms with Gasteiger partial charge in [-0.2, -0.15) is 0 Å². The molecule has 0 fully saturated rings. The first kappa shape index (κ1) is 9.67. The summed E-state index contributed by atoms with van der Waals surface area (Å²) in [6.07, 6.45) is 1.97. The van der Waals surface area contributed by atoms with E-state index in [0.717, 1.165) is 5.56 Å². The van der Waals surface area contributed by atoms with Crippen molar-refractivity contribution in [3.63, 3.8) is 0 Å². The highest BCUT2D eigenvalue weighted by Crippen LogP contribution is 2.06. The van der Waals surface area contributed by atoms with E-state index in [1.165, 1.54) is 0 Å². The molecule has 0 atom stereocenters. The number of carbonyl (C=O) groups excluding carboxylic acids is 1. The molecule has 4 nitrogen and oxygen atoms in total. The first-order valence-corrected chi connectivity index (χ1v) is 4.12. The van der Waals surface area contributed by atoms with Crippen LogP contribution in [0.1, 0.15) is 18.9 Å². The predicted octanol–water partition coefficient (Wildman–Crippen LogP) is 0.922. The third kappa shape index (κ3) is 2.83. The van der Waals surface area contributed by atoms with E-state index in [1.807, 2.05) is 0 Å². The van der Waals surface area contributed by atoms with E-state index in [0.29, 0.717) is 12.2 Å². The molecule has 70 valence electrons. The van der Waals surface area contributed by atoms with E-state index in [-0.39, 0.29) is 12.5 Å². The third-order valence-electron chi connectivity index (χ3n) is 1.60. The van der Waals surface area contributed by atoms with Crippen LogP contribution >= 0.6 is 0 Å². The molecule has 0 aromatic carbocycles. The van der Waals surface area contributed by atoms with Crippen LogP contribution in [-0.2, 0) is 11.4 Å². The van der Waals surface area contributed by atoms with Gasteiger partial charge in [-0.15, -0.1) is 0 Å². The van der Waals surface area contributed by atoms with Gasteiger partial charge in [0.15, 0.2) is 0 Å². The summed E-state index contributed by atoms with van der Waals surface area (Å²) in [6, 6.07) is 3.34.